The maximum atomic E-state index is 12.3. The zero-order valence-electron chi connectivity index (χ0n) is 14.8. The fraction of sp³-hybridized carbons (Fsp3) is 0.722. The lowest BCUT2D eigenvalue weighted by molar-refractivity contribution is 0.0985. The molecule has 0 aromatic carbocycles. The predicted molar refractivity (Wildman–Crippen MR) is 94.6 cm³/mol. The first-order chi connectivity index (χ1) is 12.2. The number of urea groups is 1. The maximum Gasteiger partial charge on any atom is 0.320 e. The molecule has 1 aromatic rings. The SMILES string of the molecule is COC1CCN([C@@H]2CCC[C@@H]2NC(=O)Nc2ccc(C3CC3)nn2)C1. The highest BCUT2D eigenvalue weighted by Crippen LogP contribution is 2.38. The van der Waals surface area contributed by atoms with E-state index in [-0.39, 0.29) is 12.1 Å². The van der Waals surface area contributed by atoms with Gasteiger partial charge in [-0.15, -0.1) is 5.10 Å². The lowest BCUT2D eigenvalue weighted by Crippen LogP contribution is -2.49. The van der Waals surface area contributed by atoms with E-state index in [1.807, 2.05) is 12.1 Å². The summed E-state index contributed by atoms with van der Waals surface area (Å²) in [5.41, 5.74) is 1.03. The van der Waals surface area contributed by atoms with Gasteiger partial charge in [0.1, 0.15) is 0 Å². The van der Waals surface area contributed by atoms with Crippen LogP contribution in [0.3, 0.4) is 0 Å². The fourth-order valence-electron chi connectivity index (χ4n) is 4.12. The van der Waals surface area contributed by atoms with Crippen molar-refractivity contribution in [2.24, 2.45) is 0 Å². The van der Waals surface area contributed by atoms with Crippen LogP contribution in [0.15, 0.2) is 12.1 Å². The number of likely N-dealkylation sites (tertiary alicyclic amines) is 1. The quantitative estimate of drug-likeness (QED) is 0.854. The second-order valence-corrected chi connectivity index (χ2v) is 7.46. The van der Waals surface area contributed by atoms with E-state index in [0.717, 1.165) is 44.5 Å². The zero-order valence-corrected chi connectivity index (χ0v) is 14.8. The smallest absolute Gasteiger partial charge is 0.320 e. The molecule has 1 aromatic heterocycles. The van der Waals surface area contributed by atoms with Crippen LogP contribution in [-0.4, -0.2) is 59.5 Å². The molecule has 0 spiro atoms. The molecule has 1 unspecified atom stereocenters. The number of nitrogens with one attached hydrogen (secondary N) is 2. The van der Waals surface area contributed by atoms with Crippen molar-refractivity contribution in [3.8, 4) is 0 Å². The molecular weight excluding hydrogens is 318 g/mol. The van der Waals surface area contributed by atoms with Crippen molar-refractivity contribution in [2.45, 2.75) is 62.6 Å². The summed E-state index contributed by atoms with van der Waals surface area (Å²) in [6.07, 6.45) is 7.12. The Morgan fingerprint density at radius 1 is 1.20 bits per heavy atom. The first-order valence-corrected chi connectivity index (χ1v) is 9.41. The number of hydrogen-bond donors (Lipinski definition) is 2. The lowest BCUT2D eigenvalue weighted by atomic mass is 10.1. The van der Waals surface area contributed by atoms with E-state index in [4.69, 9.17) is 4.74 Å². The number of amides is 2. The Morgan fingerprint density at radius 3 is 2.76 bits per heavy atom. The second-order valence-electron chi connectivity index (χ2n) is 7.46. The molecule has 2 heterocycles. The Hall–Kier alpha value is -1.73. The van der Waals surface area contributed by atoms with Crippen LogP contribution in [0, 0.1) is 0 Å². The molecule has 3 atom stereocenters. The van der Waals surface area contributed by atoms with Crippen molar-refractivity contribution in [2.75, 3.05) is 25.5 Å². The van der Waals surface area contributed by atoms with Gasteiger partial charge in [-0.3, -0.25) is 10.2 Å². The Bertz CT molecular complexity index is 604. The van der Waals surface area contributed by atoms with Gasteiger partial charge in [0.15, 0.2) is 5.82 Å². The van der Waals surface area contributed by atoms with Crippen LogP contribution < -0.4 is 10.6 Å². The number of rotatable bonds is 5. The minimum absolute atomic E-state index is 0.187. The minimum Gasteiger partial charge on any atom is -0.380 e. The van der Waals surface area contributed by atoms with Crippen molar-refractivity contribution >= 4 is 11.8 Å². The zero-order chi connectivity index (χ0) is 17.2. The van der Waals surface area contributed by atoms with Gasteiger partial charge in [-0.1, -0.05) is 0 Å². The van der Waals surface area contributed by atoms with E-state index in [1.165, 1.54) is 12.8 Å². The number of anilines is 1. The molecule has 3 fully saturated rings. The number of hydrogen-bond acceptors (Lipinski definition) is 5. The lowest BCUT2D eigenvalue weighted by Gasteiger charge is -2.29. The number of nitrogens with zero attached hydrogens (tertiary/aromatic N) is 3. The van der Waals surface area contributed by atoms with Gasteiger partial charge in [0.25, 0.3) is 0 Å². The Balaban J connectivity index is 1.30. The third-order valence-corrected chi connectivity index (χ3v) is 5.70. The number of methoxy groups -OCH3 is 1. The van der Waals surface area contributed by atoms with Crippen molar-refractivity contribution in [1.82, 2.24) is 20.4 Å². The normalized spacial score (nSPS) is 29.7. The molecule has 1 saturated heterocycles. The summed E-state index contributed by atoms with van der Waals surface area (Å²) in [6.45, 7) is 2.02. The summed E-state index contributed by atoms with van der Waals surface area (Å²) in [7, 11) is 1.78. The van der Waals surface area contributed by atoms with Gasteiger partial charge >= 0.3 is 6.03 Å². The average molecular weight is 345 g/mol. The summed E-state index contributed by atoms with van der Waals surface area (Å²) < 4.78 is 5.47. The van der Waals surface area contributed by atoms with E-state index in [9.17, 15) is 4.79 Å². The van der Waals surface area contributed by atoms with Crippen LogP contribution in [0.5, 0.6) is 0 Å². The van der Waals surface area contributed by atoms with Crippen molar-refractivity contribution in [3.05, 3.63) is 17.8 Å². The van der Waals surface area contributed by atoms with Crippen LogP contribution in [0.2, 0.25) is 0 Å². The second kappa shape index (κ2) is 7.25. The highest BCUT2D eigenvalue weighted by Gasteiger charge is 2.36. The van der Waals surface area contributed by atoms with Gasteiger partial charge in [-0.25, -0.2) is 4.79 Å². The van der Waals surface area contributed by atoms with Crippen LogP contribution in [0.25, 0.3) is 0 Å². The van der Waals surface area contributed by atoms with Crippen molar-refractivity contribution in [3.63, 3.8) is 0 Å². The molecule has 2 aliphatic carbocycles. The summed E-state index contributed by atoms with van der Waals surface area (Å²) in [5.74, 6) is 1.09. The van der Waals surface area contributed by atoms with Crippen LogP contribution >= 0.6 is 0 Å². The standard InChI is InChI=1S/C18H27N5O2/c1-25-13-9-10-23(11-13)16-4-2-3-15(16)19-18(24)20-17-8-7-14(21-22-17)12-5-6-12/h7-8,12-13,15-16H,2-6,9-11H2,1H3,(H2,19,20,22,24)/t13?,15-,16+/m0/s1. The van der Waals surface area contributed by atoms with Gasteiger partial charge in [0, 0.05) is 38.2 Å². The average Bonchev–Trinajstić information content (AvgIpc) is 3.18. The molecule has 25 heavy (non-hydrogen) atoms. The topological polar surface area (TPSA) is 79.4 Å². The molecule has 3 aliphatic rings. The number of aromatic nitrogens is 2. The number of ether oxygens (including phenoxy) is 1. The molecule has 2 N–H and O–H groups in total. The monoisotopic (exact) mass is 345 g/mol. The molecule has 0 bridgehead atoms. The van der Waals surface area contributed by atoms with Crippen LogP contribution in [0.4, 0.5) is 10.6 Å². The minimum atomic E-state index is -0.187. The highest BCUT2D eigenvalue weighted by atomic mass is 16.5. The molecule has 136 valence electrons. The number of carbonyl (C=O) groups is 1. The van der Waals surface area contributed by atoms with E-state index < -0.39 is 0 Å². The van der Waals surface area contributed by atoms with Crippen LogP contribution in [-0.2, 0) is 4.74 Å². The van der Waals surface area contributed by atoms with Gasteiger partial charge in [0.2, 0.25) is 0 Å². The maximum absolute atomic E-state index is 12.3. The van der Waals surface area contributed by atoms with Gasteiger partial charge in [0.05, 0.1) is 11.8 Å². The van der Waals surface area contributed by atoms with E-state index >= 15 is 0 Å². The third kappa shape index (κ3) is 3.93. The molecule has 2 amide bonds. The van der Waals surface area contributed by atoms with Crippen molar-refractivity contribution in [1.29, 1.82) is 0 Å². The molecule has 1 aliphatic heterocycles. The molecule has 7 nitrogen and oxygen atoms in total. The first-order valence-electron chi connectivity index (χ1n) is 9.41. The number of carbonyl (C=O) groups excluding carboxylic acids is 1. The fourth-order valence-corrected chi connectivity index (χ4v) is 4.12. The Morgan fingerprint density at radius 2 is 2.08 bits per heavy atom. The highest BCUT2D eigenvalue weighted by molar-refractivity contribution is 5.88. The molecular formula is C18H27N5O2. The molecule has 2 saturated carbocycles. The summed E-state index contributed by atoms with van der Waals surface area (Å²) in [4.78, 5) is 14.8. The molecule has 0 radical (unpaired) electrons. The van der Waals surface area contributed by atoms with Crippen LogP contribution in [0.1, 0.15) is 50.1 Å². The molecule has 7 heteroatoms. The summed E-state index contributed by atoms with van der Waals surface area (Å²) in [5, 5.41) is 14.3. The Kier molecular flexibility index (Phi) is 4.85. The van der Waals surface area contributed by atoms with E-state index in [0.29, 0.717) is 23.9 Å². The van der Waals surface area contributed by atoms with Gasteiger partial charge < -0.3 is 10.1 Å². The third-order valence-electron chi connectivity index (χ3n) is 5.70. The Labute approximate surface area is 148 Å². The van der Waals surface area contributed by atoms with E-state index in [2.05, 4.69) is 25.7 Å². The largest absolute Gasteiger partial charge is 0.380 e. The van der Waals surface area contributed by atoms with Gasteiger partial charge in [-0.05, 0) is 50.7 Å². The van der Waals surface area contributed by atoms with E-state index in [1.54, 1.807) is 7.11 Å². The van der Waals surface area contributed by atoms with Crippen molar-refractivity contribution < 1.29 is 9.53 Å². The molecule has 4 rings (SSSR count). The van der Waals surface area contributed by atoms with Gasteiger partial charge in [-0.2, -0.15) is 5.10 Å². The summed E-state index contributed by atoms with van der Waals surface area (Å²) in [6, 6.07) is 4.22. The summed E-state index contributed by atoms with van der Waals surface area (Å²) >= 11 is 0. The predicted octanol–water partition coefficient (Wildman–Crippen LogP) is 2.12. The first kappa shape index (κ1) is 16.7.